The van der Waals surface area contributed by atoms with Crippen molar-refractivity contribution < 1.29 is 28.5 Å². The van der Waals surface area contributed by atoms with Crippen LogP contribution < -0.4 is 14.2 Å². The van der Waals surface area contributed by atoms with Crippen LogP contribution in [0.25, 0.3) is 0 Å². The zero-order chi connectivity index (χ0) is 25.6. The molecule has 2 aromatic rings. The first-order chi connectivity index (χ1) is 17.7. The Kier molecular flexibility index (Phi) is 11.5. The summed E-state index contributed by atoms with van der Waals surface area (Å²) in [6.07, 6.45) is 4.77. The largest absolute Gasteiger partial charge is 0.493 e. The number of carbonyl (C=O) groups is 1. The van der Waals surface area contributed by atoms with Crippen molar-refractivity contribution in [1.82, 2.24) is 5.01 Å². The smallest absolute Gasteiger partial charge is 0.274 e. The van der Waals surface area contributed by atoms with E-state index in [9.17, 15) is 4.79 Å². The van der Waals surface area contributed by atoms with Gasteiger partial charge in [-0.2, -0.15) is 5.10 Å². The van der Waals surface area contributed by atoms with Crippen LogP contribution in [-0.4, -0.2) is 70.4 Å². The number of carbonyl (C=O) groups excluding carboxylic acids is 1. The lowest BCUT2D eigenvalue weighted by Gasteiger charge is -2.24. The molecule has 1 heterocycles. The fourth-order valence-electron chi connectivity index (χ4n) is 3.93. The molecule has 1 aliphatic rings. The van der Waals surface area contributed by atoms with Crippen LogP contribution >= 0.6 is 0 Å². The SMILES string of the molecule is CCOc1cc(C2=NN(C(=O)c3cccc(OCCOCCCCCOC)c3)CCC2)ccc1OC. The van der Waals surface area contributed by atoms with Crippen molar-refractivity contribution in [3.8, 4) is 17.2 Å². The molecular formula is C28H38N2O6. The van der Waals surface area contributed by atoms with Gasteiger partial charge in [-0.3, -0.25) is 4.79 Å². The Morgan fingerprint density at radius 2 is 1.81 bits per heavy atom. The van der Waals surface area contributed by atoms with Gasteiger partial charge in [-0.1, -0.05) is 6.07 Å². The van der Waals surface area contributed by atoms with Crippen LogP contribution in [0.4, 0.5) is 0 Å². The maximum atomic E-state index is 13.2. The first kappa shape index (κ1) is 27.5. The first-order valence-corrected chi connectivity index (χ1v) is 12.7. The van der Waals surface area contributed by atoms with Crippen LogP contribution in [0.15, 0.2) is 47.6 Å². The van der Waals surface area contributed by atoms with E-state index in [0.29, 0.717) is 55.8 Å². The van der Waals surface area contributed by atoms with E-state index in [1.54, 1.807) is 26.4 Å². The van der Waals surface area contributed by atoms with Gasteiger partial charge in [-0.05, 0) is 75.4 Å². The van der Waals surface area contributed by atoms with Gasteiger partial charge in [0, 0.05) is 38.0 Å². The monoisotopic (exact) mass is 498 g/mol. The number of amides is 1. The number of hydrogen-bond donors (Lipinski definition) is 0. The second-order valence-corrected chi connectivity index (χ2v) is 8.42. The van der Waals surface area contributed by atoms with Gasteiger partial charge in [0.05, 0.1) is 26.0 Å². The minimum Gasteiger partial charge on any atom is -0.493 e. The van der Waals surface area contributed by atoms with Gasteiger partial charge in [0.25, 0.3) is 5.91 Å². The summed E-state index contributed by atoms with van der Waals surface area (Å²) < 4.78 is 27.6. The normalized spacial score (nSPS) is 13.3. The molecule has 0 fully saturated rings. The fourth-order valence-corrected chi connectivity index (χ4v) is 3.93. The lowest BCUT2D eigenvalue weighted by molar-refractivity contribution is 0.0750. The zero-order valence-electron chi connectivity index (χ0n) is 21.7. The molecule has 0 spiro atoms. The summed E-state index contributed by atoms with van der Waals surface area (Å²) >= 11 is 0. The minimum absolute atomic E-state index is 0.150. The third-order valence-electron chi connectivity index (χ3n) is 5.77. The molecule has 1 amide bonds. The summed E-state index contributed by atoms with van der Waals surface area (Å²) in [6, 6.07) is 13.0. The Bertz CT molecular complexity index is 994. The van der Waals surface area contributed by atoms with E-state index in [1.807, 2.05) is 37.3 Å². The molecule has 0 saturated heterocycles. The van der Waals surface area contributed by atoms with Gasteiger partial charge in [0.2, 0.25) is 0 Å². The van der Waals surface area contributed by atoms with Gasteiger partial charge in [0.15, 0.2) is 11.5 Å². The highest BCUT2D eigenvalue weighted by molar-refractivity contribution is 6.03. The van der Waals surface area contributed by atoms with Gasteiger partial charge in [-0.25, -0.2) is 5.01 Å². The number of hydrogen-bond acceptors (Lipinski definition) is 7. The van der Waals surface area contributed by atoms with Gasteiger partial charge in [0.1, 0.15) is 12.4 Å². The Labute approximate surface area is 214 Å². The highest BCUT2D eigenvalue weighted by Crippen LogP contribution is 2.29. The first-order valence-electron chi connectivity index (χ1n) is 12.7. The second-order valence-electron chi connectivity index (χ2n) is 8.42. The second kappa shape index (κ2) is 15.1. The predicted octanol–water partition coefficient (Wildman–Crippen LogP) is 4.95. The molecule has 8 nitrogen and oxygen atoms in total. The van der Waals surface area contributed by atoms with Crippen LogP contribution in [0.2, 0.25) is 0 Å². The van der Waals surface area contributed by atoms with E-state index in [1.165, 1.54) is 5.01 Å². The van der Waals surface area contributed by atoms with Crippen LogP contribution in [0.5, 0.6) is 17.2 Å². The van der Waals surface area contributed by atoms with Gasteiger partial charge in [-0.15, -0.1) is 0 Å². The topological polar surface area (TPSA) is 78.8 Å². The van der Waals surface area contributed by atoms with Crippen molar-refractivity contribution in [3.63, 3.8) is 0 Å². The number of ether oxygens (including phenoxy) is 5. The summed E-state index contributed by atoms with van der Waals surface area (Å²) in [5.41, 5.74) is 2.32. The molecule has 0 aromatic heterocycles. The van der Waals surface area contributed by atoms with Crippen molar-refractivity contribution in [2.75, 3.05) is 53.8 Å². The van der Waals surface area contributed by atoms with Crippen LogP contribution in [-0.2, 0) is 9.47 Å². The highest BCUT2D eigenvalue weighted by atomic mass is 16.5. The molecule has 0 saturated carbocycles. The van der Waals surface area contributed by atoms with Crippen molar-refractivity contribution in [3.05, 3.63) is 53.6 Å². The van der Waals surface area contributed by atoms with Crippen molar-refractivity contribution in [2.45, 2.75) is 39.0 Å². The number of hydrazone groups is 1. The van der Waals surface area contributed by atoms with Crippen molar-refractivity contribution in [2.24, 2.45) is 5.10 Å². The molecule has 1 aliphatic heterocycles. The Hall–Kier alpha value is -3.10. The highest BCUT2D eigenvalue weighted by Gasteiger charge is 2.22. The van der Waals surface area contributed by atoms with E-state index in [-0.39, 0.29) is 5.91 Å². The quantitative estimate of drug-likeness (QED) is 0.324. The molecule has 0 radical (unpaired) electrons. The van der Waals surface area contributed by atoms with E-state index in [4.69, 9.17) is 23.7 Å². The van der Waals surface area contributed by atoms with E-state index in [2.05, 4.69) is 5.10 Å². The molecule has 0 unspecified atom stereocenters. The molecule has 0 bridgehead atoms. The van der Waals surface area contributed by atoms with Crippen LogP contribution in [0, 0.1) is 0 Å². The summed E-state index contributed by atoms with van der Waals surface area (Å²) in [5, 5.41) is 6.21. The Balaban J connectivity index is 1.56. The summed E-state index contributed by atoms with van der Waals surface area (Å²) in [7, 11) is 3.33. The number of rotatable bonds is 15. The molecule has 8 heteroatoms. The zero-order valence-corrected chi connectivity index (χ0v) is 21.7. The molecule has 0 N–H and O–H groups in total. The van der Waals surface area contributed by atoms with Crippen molar-refractivity contribution >= 4 is 11.6 Å². The maximum Gasteiger partial charge on any atom is 0.274 e. The summed E-state index contributed by atoms with van der Waals surface area (Å²) in [4.78, 5) is 13.2. The fraction of sp³-hybridized carbons (Fsp3) is 0.500. The van der Waals surface area contributed by atoms with E-state index < -0.39 is 0 Å². The standard InChI is InChI=1S/C28H38N2O6/c1-4-35-27-21-22(13-14-26(27)33-3)25-12-9-15-30(29-25)28(31)23-10-8-11-24(20-23)36-19-18-34-17-7-5-6-16-32-2/h8,10-11,13-14,20-21H,4-7,9,12,15-19H2,1-3H3. The van der Waals surface area contributed by atoms with Crippen molar-refractivity contribution in [1.29, 1.82) is 0 Å². The molecule has 196 valence electrons. The predicted molar refractivity (Wildman–Crippen MR) is 139 cm³/mol. The molecule has 3 rings (SSSR count). The molecular weight excluding hydrogens is 460 g/mol. The average molecular weight is 499 g/mol. The third-order valence-corrected chi connectivity index (χ3v) is 5.77. The number of benzene rings is 2. The summed E-state index contributed by atoms with van der Waals surface area (Å²) in [5.74, 6) is 1.84. The van der Waals surface area contributed by atoms with E-state index in [0.717, 1.165) is 50.0 Å². The Morgan fingerprint density at radius 1 is 0.944 bits per heavy atom. The van der Waals surface area contributed by atoms with Gasteiger partial charge < -0.3 is 23.7 Å². The van der Waals surface area contributed by atoms with E-state index >= 15 is 0 Å². The number of unbranched alkanes of at least 4 members (excludes halogenated alkanes) is 2. The molecule has 0 aliphatic carbocycles. The summed E-state index contributed by atoms with van der Waals surface area (Å²) in [6.45, 7) is 5.48. The lowest BCUT2D eigenvalue weighted by Crippen LogP contribution is -2.32. The maximum absolute atomic E-state index is 13.2. The lowest BCUT2D eigenvalue weighted by atomic mass is 10.0. The molecule has 2 aromatic carbocycles. The number of nitrogens with zero attached hydrogens (tertiary/aromatic N) is 2. The van der Waals surface area contributed by atoms with Gasteiger partial charge >= 0.3 is 0 Å². The molecule has 36 heavy (non-hydrogen) atoms. The Morgan fingerprint density at radius 3 is 2.61 bits per heavy atom. The van der Waals surface area contributed by atoms with Crippen LogP contribution in [0.3, 0.4) is 0 Å². The third kappa shape index (κ3) is 8.24. The number of methoxy groups -OCH3 is 2. The van der Waals surface area contributed by atoms with Crippen LogP contribution in [0.1, 0.15) is 54.9 Å². The molecule has 0 atom stereocenters. The minimum atomic E-state index is -0.150. The average Bonchev–Trinajstić information content (AvgIpc) is 2.92.